The average Bonchev–Trinajstić information content (AvgIpc) is 2.73. The van der Waals surface area contributed by atoms with Crippen LogP contribution in [0.3, 0.4) is 0 Å². The third kappa shape index (κ3) is 7.21. The van der Waals surface area contributed by atoms with Crippen molar-refractivity contribution in [1.29, 1.82) is 0 Å². The Labute approximate surface area is 173 Å². The van der Waals surface area contributed by atoms with Crippen LogP contribution in [0.15, 0.2) is 18.2 Å². The molecule has 1 aromatic carbocycles. The van der Waals surface area contributed by atoms with E-state index >= 15 is 0 Å². The van der Waals surface area contributed by atoms with Crippen LogP contribution in [0.1, 0.15) is 30.6 Å². The van der Waals surface area contributed by atoms with Gasteiger partial charge in [-0.15, -0.1) is 0 Å². The highest BCUT2D eigenvalue weighted by atomic mass is 16.5. The predicted molar refractivity (Wildman–Crippen MR) is 111 cm³/mol. The van der Waals surface area contributed by atoms with Gasteiger partial charge in [-0.2, -0.15) is 0 Å². The molecule has 1 aromatic rings. The van der Waals surface area contributed by atoms with E-state index in [1.54, 1.807) is 25.3 Å². The van der Waals surface area contributed by atoms with Gasteiger partial charge in [0.15, 0.2) is 11.5 Å². The molecule has 1 heterocycles. The summed E-state index contributed by atoms with van der Waals surface area (Å²) in [6, 6.07) is 5.30. The van der Waals surface area contributed by atoms with Crippen LogP contribution in [-0.4, -0.2) is 87.8 Å². The van der Waals surface area contributed by atoms with Gasteiger partial charge in [0.2, 0.25) is 5.91 Å². The zero-order chi connectivity index (χ0) is 21.1. The molecule has 0 aliphatic carbocycles. The topological polar surface area (TPSA) is 80.3 Å². The van der Waals surface area contributed by atoms with E-state index < -0.39 is 0 Å². The predicted octanol–water partition coefficient (Wildman–Crippen LogP) is 1.39. The van der Waals surface area contributed by atoms with E-state index in [2.05, 4.69) is 10.2 Å². The number of nitrogens with one attached hydrogen (secondary N) is 1. The Morgan fingerprint density at radius 1 is 1.03 bits per heavy atom. The Bertz CT molecular complexity index is 660. The average molecular weight is 408 g/mol. The summed E-state index contributed by atoms with van der Waals surface area (Å²) < 4.78 is 16.2. The van der Waals surface area contributed by atoms with Gasteiger partial charge in [0.05, 0.1) is 19.8 Å². The first kappa shape index (κ1) is 23.0. The molecule has 0 atom stereocenters. The monoisotopic (exact) mass is 407 g/mol. The number of carbonyl (C=O) groups excluding carboxylic acids is 2. The molecule has 162 valence electrons. The summed E-state index contributed by atoms with van der Waals surface area (Å²) in [5, 5.41) is 2.89. The van der Waals surface area contributed by atoms with Crippen LogP contribution >= 0.6 is 0 Å². The van der Waals surface area contributed by atoms with Crippen LogP contribution in [0.4, 0.5) is 0 Å². The summed E-state index contributed by atoms with van der Waals surface area (Å²) >= 11 is 0. The number of ether oxygens (including phenoxy) is 3. The molecular formula is C21H33N3O5. The lowest BCUT2D eigenvalue weighted by Crippen LogP contribution is -2.51. The number of carbonyl (C=O) groups is 2. The third-order valence-corrected chi connectivity index (χ3v) is 4.66. The van der Waals surface area contributed by atoms with Gasteiger partial charge in [0.25, 0.3) is 5.91 Å². The normalized spacial score (nSPS) is 14.5. The van der Waals surface area contributed by atoms with Crippen LogP contribution in [0.25, 0.3) is 0 Å². The van der Waals surface area contributed by atoms with Gasteiger partial charge >= 0.3 is 0 Å². The van der Waals surface area contributed by atoms with E-state index in [4.69, 9.17) is 14.2 Å². The van der Waals surface area contributed by atoms with Gasteiger partial charge in [0.1, 0.15) is 0 Å². The van der Waals surface area contributed by atoms with Gasteiger partial charge in [-0.25, -0.2) is 0 Å². The van der Waals surface area contributed by atoms with Gasteiger partial charge in [-0.1, -0.05) is 0 Å². The number of amides is 2. The molecule has 0 bridgehead atoms. The van der Waals surface area contributed by atoms with Gasteiger partial charge in [-0.05, 0) is 38.5 Å². The summed E-state index contributed by atoms with van der Waals surface area (Å²) in [5.74, 6) is 1.21. The molecule has 2 rings (SSSR count). The summed E-state index contributed by atoms with van der Waals surface area (Å²) in [6.07, 6.45) is 0.802. The molecule has 0 radical (unpaired) electrons. The van der Waals surface area contributed by atoms with Crippen molar-refractivity contribution in [3.63, 3.8) is 0 Å². The standard InChI is InChI=1S/C21H33N3O5/c1-4-28-18-8-7-17(15-19(18)29-5-2)21(26)24-12-10-23(11-13-24)16-20(25)22-9-6-14-27-3/h7-8,15H,4-6,9-14,16H2,1-3H3,(H,22,25). The quantitative estimate of drug-likeness (QED) is 0.559. The maximum absolute atomic E-state index is 12.9. The Morgan fingerprint density at radius 3 is 2.38 bits per heavy atom. The molecule has 1 aliphatic rings. The first-order valence-corrected chi connectivity index (χ1v) is 10.3. The van der Waals surface area contributed by atoms with Crippen LogP contribution in [0, 0.1) is 0 Å². The van der Waals surface area contributed by atoms with Crippen LogP contribution in [0.2, 0.25) is 0 Å². The molecule has 29 heavy (non-hydrogen) atoms. The van der Waals surface area contributed by atoms with Crippen molar-refractivity contribution in [2.45, 2.75) is 20.3 Å². The fourth-order valence-electron chi connectivity index (χ4n) is 3.18. The van der Waals surface area contributed by atoms with Crippen molar-refractivity contribution >= 4 is 11.8 Å². The van der Waals surface area contributed by atoms with E-state index in [0.717, 1.165) is 6.42 Å². The number of piperazine rings is 1. The molecule has 8 nitrogen and oxygen atoms in total. The molecule has 1 fully saturated rings. The Morgan fingerprint density at radius 2 is 1.72 bits per heavy atom. The zero-order valence-corrected chi connectivity index (χ0v) is 17.7. The molecule has 0 unspecified atom stereocenters. The Hall–Kier alpha value is -2.32. The van der Waals surface area contributed by atoms with Crippen LogP contribution in [0.5, 0.6) is 11.5 Å². The highest BCUT2D eigenvalue weighted by Crippen LogP contribution is 2.29. The third-order valence-electron chi connectivity index (χ3n) is 4.66. The number of methoxy groups -OCH3 is 1. The van der Waals surface area contributed by atoms with E-state index in [0.29, 0.717) is 76.2 Å². The van der Waals surface area contributed by atoms with Gasteiger partial charge in [-0.3, -0.25) is 14.5 Å². The summed E-state index contributed by atoms with van der Waals surface area (Å²) in [5.41, 5.74) is 0.584. The van der Waals surface area contributed by atoms with Crippen molar-refractivity contribution in [2.75, 3.05) is 66.2 Å². The molecule has 0 saturated carbocycles. The molecule has 0 spiro atoms. The fourth-order valence-corrected chi connectivity index (χ4v) is 3.18. The Kier molecular flexibility index (Phi) is 9.73. The number of hydrogen-bond acceptors (Lipinski definition) is 6. The van der Waals surface area contributed by atoms with E-state index in [1.165, 1.54) is 0 Å². The second-order valence-corrected chi connectivity index (χ2v) is 6.79. The summed E-state index contributed by atoms with van der Waals surface area (Å²) in [6.45, 7) is 8.98. The zero-order valence-electron chi connectivity index (χ0n) is 17.7. The van der Waals surface area contributed by atoms with Crippen molar-refractivity contribution < 1.29 is 23.8 Å². The largest absolute Gasteiger partial charge is 0.490 e. The highest BCUT2D eigenvalue weighted by Gasteiger charge is 2.24. The van der Waals surface area contributed by atoms with Gasteiger partial charge in [0, 0.05) is 52.0 Å². The van der Waals surface area contributed by atoms with E-state index in [9.17, 15) is 9.59 Å². The molecule has 1 saturated heterocycles. The van der Waals surface area contributed by atoms with Crippen molar-refractivity contribution in [3.8, 4) is 11.5 Å². The Balaban J connectivity index is 1.85. The SMILES string of the molecule is CCOc1ccc(C(=O)N2CCN(CC(=O)NCCCOC)CC2)cc1OCC. The minimum absolute atomic E-state index is 0.00810. The van der Waals surface area contributed by atoms with Crippen molar-refractivity contribution in [1.82, 2.24) is 15.1 Å². The van der Waals surface area contributed by atoms with Crippen molar-refractivity contribution in [3.05, 3.63) is 23.8 Å². The summed E-state index contributed by atoms with van der Waals surface area (Å²) in [4.78, 5) is 28.8. The lowest BCUT2D eigenvalue weighted by Gasteiger charge is -2.34. The molecule has 2 amide bonds. The number of hydrogen-bond donors (Lipinski definition) is 1. The number of benzene rings is 1. The lowest BCUT2D eigenvalue weighted by molar-refractivity contribution is -0.122. The maximum atomic E-state index is 12.9. The minimum atomic E-state index is -0.0299. The first-order valence-electron chi connectivity index (χ1n) is 10.3. The lowest BCUT2D eigenvalue weighted by atomic mass is 10.1. The van der Waals surface area contributed by atoms with Gasteiger partial charge < -0.3 is 24.4 Å². The molecule has 1 aliphatic heterocycles. The minimum Gasteiger partial charge on any atom is -0.490 e. The van der Waals surface area contributed by atoms with E-state index in [-0.39, 0.29) is 11.8 Å². The van der Waals surface area contributed by atoms with Crippen molar-refractivity contribution in [2.24, 2.45) is 0 Å². The molecule has 0 aromatic heterocycles. The molecule has 1 N–H and O–H groups in total. The maximum Gasteiger partial charge on any atom is 0.254 e. The summed E-state index contributed by atoms with van der Waals surface area (Å²) in [7, 11) is 1.65. The molecule has 8 heteroatoms. The number of rotatable bonds is 11. The second-order valence-electron chi connectivity index (χ2n) is 6.79. The van der Waals surface area contributed by atoms with Crippen LogP contribution in [-0.2, 0) is 9.53 Å². The van der Waals surface area contributed by atoms with E-state index in [1.807, 2.05) is 18.7 Å². The smallest absolute Gasteiger partial charge is 0.254 e. The van der Waals surface area contributed by atoms with Crippen LogP contribution < -0.4 is 14.8 Å². The first-order chi connectivity index (χ1) is 14.1. The fraction of sp³-hybridized carbons (Fsp3) is 0.619. The highest BCUT2D eigenvalue weighted by molar-refractivity contribution is 5.95. The molecular weight excluding hydrogens is 374 g/mol. The number of nitrogens with zero attached hydrogens (tertiary/aromatic N) is 2. The second kappa shape index (κ2) is 12.3.